The van der Waals surface area contributed by atoms with Crippen molar-refractivity contribution in [2.24, 2.45) is 0 Å². The number of carbonyl (C=O) groups is 1. The van der Waals surface area contributed by atoms with Gasteiger partial charge in [-0.05, 0) is 50.1 Å². The maximum Gasteiger partial charge on any atom is 0.263 e. The molecule has 1 amide bonds. The molecular formula is C20H23ClN2O4S. The number of carbonyl (C=O) groups excluding carboxylic acids is 1. The van der Waals surface area contributed by atoms with Crippen LogP contribution in [0.1, 0.15) is 19.8 Å². The smallest absolute Gasteiger partial charge is 0.263 e. The van der Waals surface area contributed by atoms with E-state index in [1.54, 1.807) is 66.4 Å². The zero-order valence-corrected chi connectivity index (χ0v) is 17.1. The summed E-state index contributed by atoms with van der Waals surface area (Å²) in [5.74, 6) is 0.420. The van der Waals surface area contributed by atoms with Crippen LogP contribution in [0.4, 0.5) is 0 Å². The van der Waals surface area contributed by atoms with Crippen molar-refractivity contribution in [2.45, 2.75) is 36.8 Å². The van der Waals surface area contributed by atoms with Gasteiger partial charge in [-0.2, -0.15) is 0 Å². The molecule has 8 heteroatoms. The van der Waals surface area contributed by atoms with Crippen LogP contribution in [0.25, 0.3) is 0 Å². The van der Waals surface area contributed by atoms with E-state index in [2.05, 4.69) is 4.72 Å². The Kier molecular flexibility index (Phi) is 6.59. The van der Waals surface area contributed by atoms with Crippen LogP contribution < -0.4 is 9.46 Å². The van der Waals surface area contributed by atoms with Gasteiger partial charge < -0.3 is 9.64 Å². The van der Waals surface area contributed by atoms with Crippen molar-refractivity contribution in [1.82, 2.24) is 9.62 Å². The van der Waals surface area contributed by atoms with Crippen LogP contribution in [0, 0.1) is 0 Å². The van der Waals surface area contributed by atoms with E-state index in [1.807, 2.05) is 0 Å². The summed E-state index contributed by atoms with van der Waals surface area (Å²) in [5.41, 5.74) is 0. The minimum atomic E-state index is -3.55. The highest BCUT2D eigenvalue weighted by atomic mass is 35.5. The molecular weight excluding hydrogens is 400 g/mol. The molecule has 0 spiro atoms. The van der Waals surface area contributed by atoms with Gasteiger partial charge >= 0.3 is 0 Å². The van der Waals surface area contributed by atoms with E-state index in [9.17, 15) is 13.2 Å². The van der Waals surface area contributed by atoms with Gasteiger partial charge in [0.05, 0.1) is 4.90 Å². The Labute approximate surface area is 170 Å². The largest absolute Gasteiger partial charge is 0.481 e. The van der Waals surface area contributed by atoms with Gasteiger partial charge in [0.1, 0.15) is 5.75 Å². The maximum atomic E-state index is 12.6. The van der Waals surface area contributed by atoms with Crippen molar-refractivity contribution in [2.75, 3.05) is 13.1 Å². The molecule has 2 aromatic rings. The van der Waals surface area contributed by atoms with Crippen molar-refractivity contribution in [3.63, 3.8) is 0 Å². The van der Waals surface area contributed by atoms with E-state index in [-0.39, 0.29) is 16.8 Å². The standard InChI is InChI=1S/C20H23ClN2O4S/c1-15(27-18-7-5-6-16(21)14-18)20(24)23-12-10-17(11-13-23)22-28(25,26)19-8-3-2-4-9-19/h2-9,14-15,17,22H,10-13H2,1H3. The molecule has 150 valence electrons. The highest BCUT2D eigenvalue weighted by molar-refractivity contribution is 7.89. The van der Waals surface area contributed by atoms with Crippen molar-refractivity contribution >= 4 is 27.5 Å². The second-order valence-electron chi connectivity index (χ2n) is 6.75. The van der Waals surface area contributed by atoms with Crippen LogP contribution in [0.15, 0.2) is 59.5 Å². The highest BCUT2D eigenvalue weighted by Crippen LogP contribution is 2.20. The van der Waals surface area contributed by atoms with Crippen molar-refractivity contribution in [3.05, 3.63) is 59.6 Å². The van der Waals surface area contributed by atoms with Crippen molar-refractivity contribution in [3.8, 4) is 5.75 Å². The van der Waals surface area contributed by atoms with Crippen molar-refractivity contribution < 1.29 is 17.9 Å². The number of hydrogen-bond acceptors (Lipinski definition) is 4. The number of halogens is 1. The van der Waals surface area contributed by atoms with Crippen LogP contribution in [0.2, 0.25) is 5.02 Å². The van der Waals surface area contributed by atoms with Crippen LogP contribution in [-0.2, 0) is 14.8 Å². The van der Waals surface area contributed by atoms with Crippen LogP contribution in [-0.4, -0.2) is 44.5 Å². The van der Waals surface area contributed by atoms with Gasteiger partial charge in [-0.15, -0.1) is 0 Å². The van der Waals surface area contributed by atoms with Gasteiger partial charge in [0, 0.05) is 24.2 Å². The third-order valence-electron chi connectivity index (χ3n) is 4.64. The molecule has 28 heavy (non-hydrogen) atoms. The summed E-state index contributed by atoms with van der Waals surface area (Å²) in [6, 6.07) is 15.0. The lowest BCUT2D eigenvalue weighted by atomic mass is 10.1. The molecule has 6 nitrogen and oxygen atoms in total. The molecule has 2 aromatic carbocycles. The average molecular weight is 423 g/mol. The predicted molar refractivity (Wildman–Crippen MR) is 108 cm³/mol. The summed E-state index contributed by atoms with van der Waals surface area (Å²) >= 11 is 5.94. The van der Waals surface area contributed by atoms with E-state index >= 15 is 0 Å². The van der Waals surface area contributed by atoms with E-state index in [0.29, 0.717) is 36.7 Å². The Morgan fingerprint density at radius 1 is 1.14 bits per heavy atom. The first-order chi connectivity index (χ1) is 13.3. The zero-order valence-electron chi connectivity index (χ0n) is 15.5. The van der Waals surface area contributed by atoms with Gasteiger partial charge in [0.25, 0.3) is 5.91 Å². The van der Waals surface area contributed by atoms with Crippen molar-refractivity contribution in [1.29, 1.82) is 0 Å². The normalized spacial score (nSPS) is 16.6. The van der Waals surface area contributed by atoms with Crippen LogP contribution in [0.5, 0.6) is 5.75 Å². The molecule has 1 aliphatic heterocycles. The molecule has 1 aliphatic rings. The second-order valence-corrected chi connectivity index (χ2v) is 8.90. The number of piperidine rings is 1. The minimum absolute atomic E-state index is 0.121. The molecule has 0 aromatic heterocycles. The average Bonchev–Trinajstić information content (AvgIpc) is 2.68. The molecule has 0 bridgehead atoms. The minimum Gasteiger partial charge on any atom is -0.481 e. The molecule has 1 heterocycles. The summed E-state index contributed by atoms with van der Waals surface area (Å²) in [4.78, 5) is 14.6. The van der Waals surface area contributed by atoms with Gasteiger partial charge in [0.15, 0.2) is 6.10 Å². The van der Waals surface area contributed by atoms with Gasteiger partial charge in [0.2, 0.25) is 10.0 Å². The Morgan fingerprint density at radius 2 is 1.82 bits per heavy atom. The number of benzene rings is 2. The SMILES string of the molecule is CC(Oc1cccc(Cl)c1)C(=O)N1CCC(NS(=O)(=O)c2ccccc2)CC1. The number of amides is 1. The first-order valence-electron chi connectivity index (χ1n) is 9.13. The Hall–Kier alpha value is -2.09. The van der Waals surface area contributed by atoms with Gasteiger partial charge in [-0.1, -0.05) is 35.9 Å². The molecule has 0 aliphatic carbocycles. The number of hydrogen-bond donors (Lipinski definition) is 1. The quantitative estimate of drug-likeness (QED) is 0.776. The molecule has 0 saturated carbocycles. The first-order valence-corrected chi connectivity index (χ1v) is 11.0. The lowest BCUT2D eigenvalue weighted by Gasteiger charge is -2.33. The third-order valence-corrected chi connectivity index (χ3v) is 6.41. The monoisotopic (exact) mass is 422 g/mol. The summed E-state index contributed by atoms with van der Waals surface area (Å²) in [6.07, 6.45) is 0.472. The Balaban J connectivity index is 1.52. The van der Waals surface area contributed by atoms with E-state index in [4.69, 9.17) is 16.3 Å². The zero-order chi connectivity index (χ0) is 20.1. The lowest BCUT2D eigenvalue weighted by molar-refractivity contribution is -0.139. The number of nitrogens with one attached hydrogen (secondary N) is 1. The molecule has 3 rings (SSSR count). The summed E-state index contributed by atoms with van der Waals surface area (Å²) in [6.45, 7) is 2.65. The fourth-order valence-electron chi connectivity index (χ4n) is 3.16. The highest BCUT2D eigenvalue weighted by Gasteiger charge is 2.29. The predicted octanol–water partition coefficient (Wildman–Crippen LogP) is 3.08. The number of sulfonamides is 1. The molecule has 1 N–H and O–H groups in total. The number of ether oxygens (including phenoxy) is 1. The first kappa shape index (κ1) is 20.6. The van der Waals surface area contributed by atoms with Gasteiger partial charge in [-0.25, -0.2) is 13.1 Å². The second kappa shape index (κ2) is 8.94. The number of nitrogens with zero attached hydrogens (tertiary/aromatic N) is 1. The number of rotatable bonds is 6. The molecule has 1 atom stereocenters. The van der Waals surface area contributed by atoms with Crippen LogP contribution in [0.3, 0.4) is 0 Å². The van der Waals surface area contributed by atoms with Crippen LogP contribution >= 0.6 is 11.6 Å². The summed E-state index contributed by atoms with van der Waals surface area (Å²) < 4.78 is 33.3. The fraction of sp³-hybridized carbons (Fsp3) is 0.350. The van der Waals surface area contributed by atoms with E-state index in [0.717, 1.165) is 0 Å². The third kappa shape index (κ3) is 5.25. The fourth-order valence-corrected chi connectivity index (χ4v) is 4.66. The molecule has 1 saturated heterocycles. The topological polar surface area (TPSA) is 75.7 Å². The maximum absolute atomic E-state index is 12.6. The van der Waals surface area contributed by atoms with Gasteiger partial charge in [-0.3, -0.25) is 4.79 Å². The molecule has 1 fully saturated rings. The summed E-state index contributed by atoms with van der Waals surface area (Å²) in [7, 11) is -3.55. The lowest BCUT2D eigenvalue weighted by Crippen LogP contribution is -2.49. The molecule has 0 radical (unpaired) electrons. The molecule has 1 unspecified atom stereocenters. The van der Waals surface area contributed by atoms with E-state index < -0.39 is 16.1 Å². The Bertz CT molecular complexity index is 913. The number of likely N-dealkylation sites (tertiary alicyclic amines) is 1. The van der Waals surface area contributed by atoms with E-state index in [1.165, 1.54) is 0 Å². The Morgan fingerprint density at radius 3 is 2.46 bits per heavy atom. The summed E-state index contributed by atoms with van der Waals surface area (Å²) in [5, 5.41) is 0.545.